The lowest BCUT2D eigenvalue weighted by Gasteiger charge is -2.01. The number of imidazole rings is 1. The summed E-state index contributed by atoms with van der Waals surface area (Å²) in [7, 11) is 0. The topological polar surface area (TPSA) is 48.6 Å². The molecule has 0 aliphatic carbocycles. The molecule has 0 aliphatic heterocycles. The fraction of sp³-hybridized carbons (Fsp3) is 0. The van der Waals surface area contributed by atoms with Gasteiger partial charge in [-0.25, -0.2) is 4.79 Å². The predicted molar refractivity (Wildman–Crippen MR) is 64.1 cm³/mol. The van der Waals surface area contributed by atoms with Crippen LogP contribution in [0.25, 0.3) is 21.8 Å². The lowest BCUT2D eigenvalue weighted by atomic mass is 10.1. The van der Waals surface area contributed by atoms with Crippen molar-refractivity contribution in [1.82, 2.24) is 9.97 Å². The van der Waals surface area contributed by atoms with Crippen LogP contribution in [-0.2, 0) is 0 Å². The van der Waals surface area contributed by atoms with Gasteiger partial charge in [-0.1, -0.05) is 24.3 Å². The standard InChI is InChI=1S/C11H7BrN2O/c12-9-7-4-2-1-3-6(7)5-8-10(9)14-11(15)13-8/h1-5H,(H2,13,14,15). The molecular formula is C11H7BrN2O. The molecule has 1 heterocycles. The number of halogens is 1. The quantitative estimate of drug-likeness (QED) is 0.643. The molecule has 0 atom stereocenters. The Morgan fingerprint density at radius 1 is 1.13 bits per heavy atom. The van der Waals surface area contributed by atoms with E-state index in [4.69, 9.17) is 0 Å². The molecule has 1 aromatic heterocycles. The third-order valence-corrected chi connectivity index (χ3v) is 3.30. The minimum absolute atomic E-state index is 0.180. The van der Waals surface area contributed by atoms with E-state index >= 15 is 0 Å². The van der Waals surface area contributed by atoms with Crippen LogP contribution in [0, 0.1) is 0 Å². The molecule has 0 bridgehead atoms. The maximum absolute atomic E-state index is 11.2. The minimum atomic E-state index is -0.180. The number of H-pyrrole nitrogens is 2. The number of aromatic nitrogens is 2. The normalized spacial score (nSPS) is 11.3. The SMILES string of the molecule is O=c1[nH]c2cc3ccccc3c(Br)c2[nH]1. The van der Waals surface area contributed by atoms with E-state index in [9.17, 15) is 4.79 Å². The number of nitrogens with one attached hydrogen (secondary N) is 2. The van der Waals surface area contributed by atoms with Crippen molar-refractivity contribution in [3.63, 3.8) is 0 Å². The summed E-state index contributed by atoms with van der Waals surface area (Å²) in [5, 5.41) is 2.20. The van der Waals surface area contributed by atoms with Gasteiger partial charge >= 0.3 is 5.69 Å². The largest absolute Gasteiger partial charge is 0.323 e. The third kappa shape index (κ3) is 1.22. The van der Waals surface area contributed by atoms with Crippen LogP contribution in [0.2, 0.25) is 0 Å². The summed E-state index contributed by atoms with van der Waals surface area (Å²) in [5.41, 5.74) is 1.46. The molecule has 0 fully saturated rings. The minimum Gasteiger partial charge on any atom is -0.306 e. The molecule has 15 heavy (non-hydrogen) atoms. The van der Waals surface area contributed by atoms with Gasteiger partial charge in [0.25, 0.3) is 0 Å². The summed E-state index contributed by atoms with van der Waals surface area (Å²) in [6.07, 6.45) is 0. The number of aromatic amines is 2. The van der Waals surface area contributed by atoms with Crippen LogP contribution in [0.3, 0.4) is 0 Å². The first-order chi connectivity index (χ1) is 7.25. The zero-order valence-corrected chi connectivity index (χ0v) is 9.26. The number of benzene rings is 2. The highest BCUT2D eigenvalue weighted by Gasteiger charge is 2.06. The van der Waals surface area contributed by atoms with Gasteiger partial charge in [0.05, 0.1) is 15.5 Å². The Hall–Kier alpha value is -1.55. The smallest absolute Gasteiger partial charge is 0.306 e. The average molecular weight is 263 g/mol. The van der Waals surface area contributed by atoms with Gasteiger partial charge in [0.2, 0.25) is 0 Å². The van der Waals surface area contributed by atoms with Crippen molar-refractivity contribution < 1.29 is 0 Å². The Balaban J connectivity index is 2.64. The lowest BCUT2D eigenvalue weighted by Crippen LogP contribution is -1.99. The van der Waals surface area contributed by atoms with E-state index in [1.165, 1.54) is 0 Å². The second-order valence-corrected chi connectivity index (χ2v) is 4.21. The van der Waals surface area contributed by atoms with E-state index in [0.717, 1.165) is 26.3 Å². The van der Waals surface area contributed by atoms with Crippen molar-refractivity contribution in [2.45, 2.75) is 0 Å². The third-order valence-electron chi connectivity index (χ3n) is 2.47. The van der Waals surface area contributed by atoms with Crippen LogP contribution < -0.4 is 5.69 Å². The molecule has 0 amide bonds. The van der Waals surface area contributed by atoms with Crippen molar-refractivity contribution in [1.29, 1.82) is 0 Å². The summed E-state index contributed by atoms with van der Waals surface area (Å²) in [4.78, 5) is 16.7. The van der Waals surface area contributed by atoms with Gasteiger partial charge in [0, 0.05) is 0 Å². The summed E-state index contributed by atoms with van der Waals surface area (Å²) in [6, 6.07) is 9.96. The second kappa shape index (κ2) is 2.97. The number of hydrogen-bond donors (Lipinski definition) is 2. The maximum atomic E-state index is 11.2. The number of rotatable bonds is 0. The van der Waals surface area contributed by atoms with Gasteiger partial charge in [-0.05, 0) is 32.8 Å². The summed E-state index contributed by atoms with van der Waals surface area (Å²) in [6.45, 7) is 0. The molecule has 4 heteroatoms. The molecule has 0 saturated carbocycles. The fourth-order valence-electron chi connectivity index (χ4n) is 1.79. The van der Waals surface area contributed by atoms with Crippen LogP contribution in [-0.4, -0.2) is 9.97 Å². The molecule has 0 radical (unpaired) electrons. The van der Waals surface area contributed by atoms with Crippen LogP contribution >= 0.6 is 15.9 Å². The molecule has 0 unspecified atom stereocenters. The highest BCUT2D eigenvalue weighted by molar-refractivity contribution is 9.10. The Morgan fingerprint density at radius 2 is 1.93 bits per heavy atom. The lowest BCUT2D eigenvalue weighted by molar-refractivity contribution is 1.21. The van der Waals surface area contributed by atoms with E-state index in [-0.39, 0.29) is 5.69 Å². The molecule has 3 aromatic rings. The van der Waals surface area contributed by atoms with Crippen molar-refractivity contribution in [2.24, 2.45) is 0 Å². The van der Waals surface area contributed by atoms with Gasteiger partial charge in [0.15, 0.2) is 0 Å². The van der Waals surface area contributed by atoms with Crippen molar-refractivity contribution in [3.8, 4) is 0 Å². The van der Waals surface area contributed by atoms with Gasteiger partial charge in [-0.3, -0.25) is 0 Å². The van der Waals surface area contributed by atoms with E-state index < -0.39 is 0 Å². The highest BCUT2D eigenvalue weighted by atomic mass is 79.9. The number of fused-ring (bicyclic) bond motifs is 2. The first-order valence-electron chi connectivity index (χ1n) is 4.55. The molecule has 3 rings (SSSR count). The molecule has 0 spiro atoms. The Morgan fingerprint density at radius 3 is 2.80 bits per heavy atom. The highest BCUT2D eigenvalue weighted by Crippen LogP contribution is 2.29. The van der Waals surface area contributed by atoms with Gasteiger partial charge in [-0.15, -0.1) is 0 Å². The maximum Gasteiger partial charge on any atom is 0.323 e. The summed E-state index contributed by atoms with van der Waals surface area (Å²) >= 11 is 3.51. The molecule has 0 saturated heterocycles. The van der Waals surface area contributed by atoms with E-state index in [1.807, 2.05) is 30.3 Å². The van der Waals surface area contributed by atoms with Crippen molar-refractivity contribution >= 4 is 37.7 Å². The van der Waals surface area contributed by atoms with Crippen molar-refractivity contribution in [3.05, 3.63) is 45.3 Å². The first kappa shape index (κ1) is 8.73. The number of hydrogen-bond acceptors (Lipinski definition) is 1. The second-order valence-electron chi connectivity index (χ2n) is 3.41. The average Bonchev–Trinajstić information content (AvgIpc) is 2.59. The Kier molecular flexibility index (Phi) is 1.73. The van der Waals surface area contributed by atoms with Gasteiger partial charge in [-0.2, -0.15) is 0 Å². The monoisotopic (exact) mass is 262 g/mol. The van der Waals surface area contributed by atoms with Crippen LogP contribution in [0.15, 0.2) is 39.6 Å². The molecular weight excluding hydrogens is 256 g/mol. The van der Waals surface area contributed by atoms with Crippen molar-refractivity contribution in [2.75, 3.05) is 0 Å². The summed E-state index contributed by atoms with van der Waals surface area (Å²) in [5.74, 6) is 0. The zero-order valence-electron chi connectivity index (χ0n) is 7.67. The molecule has 74 valence electrons. The Labute approximate surface area is 93.3 Å². The molecule has 2 aromatic carbocycles. The molecule has 0 aliphatic rings. The Bertz CT molecular complexity index is 711. The van der Waals surface area contributed by atoms with Crippen LogP contribution in [0.1, 0.15) is 0 Å². The molecule has 2 N–H and O–H groups in total. The van der Waals surface area contributed by atoms with Gasteiger partial charge in [0.1, 0.15) is 0 Å². The van der Waals surface area contributed by atoms with E-state index in [1.54, 1.807) is 0 Å². The van der Waals surface area contributed by atoms with E-state index in [2.05, 4.69) is 25.9 Å². The van der Waals surface area contributed by atoms with Crippen LogP contribution in [0.5, 0.6) is 0 Å². The fourth-order valence-corrected chi connectivity index (χ4v) is 2.47. The van der Waals surface area contributed by atoms with Gasteiger partial charge < -0.3 is 9.97 Å². The first-order valence-corrected chi connectivity index (χ1v) is 5.34. The predicted octanol–water partition coefficient (Wildman–Crippen LogP) is 2.77. The zero-order chi connectivity index (χ0) is 10.4. The van der Waals surface area contributed by atoms with Crippen LogP contribution in [0.4, 0.5) is 0 Å². The van der Waals surface area contributed by atoms with E-state index in [0.29, 0.717) is 0 Å². The summed E-state index contributed by atoms with van der Waals surface area (Å²) < 4.78 is 0.925. The molecule has 3 nitrogen and oxygen atoms in total.